The number of nitrogens with one attached hydrogen (secondary N) is 1. The smallest absolute Gasteiger partial charge is 0.244 e. The van der Waals surface area contributed by atoms with Crippen LogP contribution in [0.25, 0.3) is 0 Å². The minimum absolute atomic E-state index is 0.146. The summed E-state index contributed by atoms with van der Waals surface area (Å²) in [6.07, 6.45) is 1.46. The molecule has 0 spiro atoms. The van der Waals surface area contributed by atoms with Crippen molar-refractivity contribution in [1.29, 1.82) is 0 Å². The lowest BCUT2D eigenvalue weighted by Gasteiger charge is -2.33. The van der Waals surface area contributed by atoms with Crippen molar-refractivity contribution in [3.05, 3.63) is 64.7 Å². The van der Waals surface area contributed by atoms with Crippen LogP contribution in [0.3, 0.4) is 0 Å². The van der Waals surface area contributed by atoms with Gasteiger partial charge in [0.25, 0.3) is 0 Å². The topological polar surface area (TPSA) is 86.8 Å². The molecule has 1 atom stereocenters. The lowest BCUT2D eigenvalue weighted by Crippen LogP contribution is -2.52. The second kappa shape index (κ2) is 13.1. The molecule has 2 aromatic carbocycles. The van der Waals surface area contributed by atoms with Gasteiger partial charge in [0.1, 0.15) is 12.6 Å². The Morgan fingerprint density at radius 2 is 1.56 bits per heavy atom. The van der Waals surface area contributed by atoms with E-state index in [1.165, 1.54) is 4.90 Å². The van der Waals surface area contributed by atoms with Crippen LogP contribution in [0.5, 0.6) is 0 Å². The maximum absolute atomic E-state index is 13.7. The Kier molecular flexibility index (Phi) is 10.8. The maximum atomic E-state index is 13.7. The van der Waals surface area contributed by atoms with Crippen molar-refractivity contribution in [1.82, 2.24) is 10.2 Å². The van der Waals surface area contributed by atoms with E-state index in [4.69, 9.17) is 11.6 Å². The predicted octanol–water partition coefficient (Wildman–Crippen LogP) is 4.81. The average molecular weight is 536 g/mol. The van der Waals surface area contributed by atoms with Gasteiger partial charge in [0, 0.05) is 18.1 Å². The van der Waals surface area contributed by atoms with Crippen LogP contribution in [0.2, 0.25) is 5.02 Å². The lowest BCUT2D eigenvalue weighted by atomic mass is 10.0. The Bertz CT molecular complexity index is 1120. The van der Waals surface area contributed by atoms with Gasteiger partial charge >= 0.3 is 0 Å². The molecule has 0 radical (unpaired) electrons. The summed E-state index contributed by atoms with van der Waals surface area (Å²) in [7, 11) is -3.76. The van der Waals surface area contributed by atoms with Gasteiger partial charge < -0.3 is 10.2 Å². The van der Waals surface area contributed by atoms with Crippen LogP contribution in [-0.2, 0) is 26.2 Å². The number of carbonyl (C=O) groups excluding carboxylic acids is 2. The van der Waals surface area contributed by atoms with Crippen molar-refractivity contribution >= 4 is 39.1 Å². The second-order valence-corrected chi connectivity index (χ2v) is 12.1. The molecule has 0 saturated heterocycles. The molecule has 0 heterocycles. The number of hydrogen-bond acceptors (Lipinski definition) is 4. The first-order valence-electron chi connectivity index (χ1n) is 12.2. The molecule has 36 heavy (non-hydrogen) atoms. The van der Waals surface area contributed by atoms with E-state index in [2.05, 4.69) is 19.2 Å². The predicted molar refractivity (Wildman–Crippen MR) is 147 cm³/mol. The van der Waals surface area contributed by atoms with E-state index in [0.717, 1.165) is 21.7 Å². The van der Waals surface area contributed by atoms with E-state index in [1.54, 1.807) is 36.4 Å². The Hall–Kier alpha value is -2.58. The Morgan fingerprint density at radius 3 is 2.03 bits per heavy atom. The van der Waals surface area contributed by atoms with Crippen LogP contribution in [0.1, 0.15) is 58.1 Å². The zero-order valence-corrected chi connectivity index (χ0v) is 23.6. The highest BCUT2D eigenvalue weighted by Crippen LogP contribution is 2.23. The van der Waals surface area contributed by atoms with Crippen LogP contribution in [0.15, 0.2) is 48.5 Å². The second-order valence-electron chi connectivity index (χ2n) is 9.73. The SMILES string of the molecule is CC[C@H](C(=O)NCC(C)C)N(Cc1ccc(Cl)cc1)C(=O)CN(c1ccc(C(C)C)cc1)S(C)(=O)=O. The van der Waals surface area contributed by atoms with Gasteiger partial charge in [0.15, 0.2) is 0 Å². The third-order valence-corrected chi connectivity index (χ3v) is 7.26. The molecule has 0 bridgehead atoms. The summed E-state index contributed by atoms with van der Waals surface area (Å²) in [6, 6.07) is 13.4. The minimum Gasteiger partial charge on any atom is -0.354 e. The fraction of sp³-hybridized carbons (Fsp3) is 0.481. The third kappa shape index (κ3) is 8.52. The van der Waals surface area contributed by atoms with Crippen molar-refractivity contribution in [2.75, 3.05) is 23.7 Å². The van der Waals surface area contributed by atoms with Crippen LogP contribution < -0.4 is 9.62 Å². The highest BCUT2D eigenvalue weighted by Gasteiger charge is 2.31. The molecule has 0 aliphatic heterocycles. The molecule has 2 rings (SSSR count). The number of rotatable bonds is 12. The number of carbonyl (C=O) groups is 2. The number of benzene rings is 2. The fourth-order valence-corrected chi connectivity index (χ4v) is 4.74. The summed E-state index contributed by atoms with van der Waals surface area (Å²) >= 11 is 6.02. The van der Waals surface area contributed by atoms with Gasteiger partial charge in [0.05, 0.1) is 11.9 Å². The molecule has 0 aromatic heterocycles. The number of anilines is 1. The summed E-state index contributed by atoms with van der Waals surface area (Å²) < 4.78 is 26.5. The molecule has 2 amide bonds. The summed E-state index contributed by atoms with van der Waals surface area (Å²) in [5, 5.41) is 3.47. The van der Waals surface area contributed by atoms with Gasteiger partial charge in [-0.3, -0.25) is 13.9 Å². The van der Waals surface area contributed by atoms with Crippen LogP contribution in [0.4, 0.5) is 5.69 Å². The number of sulfonamides is 1. The summed E-state index contributed by atoms with van der Waals surface area (Å²) in [4.78, 5) is 28.2. The zero-order valence-electron chi connectivity index (χ0n) is 22.0. The van der Waals surface area contributed by atoms with Crippen molar-refractivity contribution in [2.24, 2.45) is 5.92 Å². The monoisotopic (exact) mass is 535 g/mol. The van der Waals surface area contributed by atoms with Crippen molar-refractivity contribution in [3.63, 3.8) is 0 Å². The van der Waals surface area contributed by atoms with Gasteiger partial charge in [-0.15, -0.1) is 0 Å². The Morgan fingerprint density at radius 1 is 0.972 bits per heavy atom. The lowest BCUT2D eigenvalue weighted by molar-refractivity contribution is -0.140. The van der Waals surface area contributed by atoms with E-state index >= 15 is 0 Å². The summed E-state index contributed by atoms with van der Waals surface area (Å²) in [6.45, 7) is 10.1. The number of nitrogens with zero attached hydrogens (tertiary/aromatic N) is 2. The Labute approximate surface area is 220 Å². The number of amides is 2. The first-order chi connectivity index (χ1) is 16.8. The van der Waals surface area contributed by atoms with E-state index in [-0.39, 0.29) is 24.3 Å². The molecular formula is C27H38ClN3O4S. The van der Waals surface area contributed by atoms with Crippen molar-refractivity contribution in [3.8, 4) is 0 Å². The summed E-state index contributed by atoms with van der Waals surface area (Å²) in [5.41, 5.74) is 2.25. The van der Waals surface area contributed by atoms with Crippen LogP contribution >= 0.6 is 11.6 Å². The third-order valence-electron chi connectivity index (χ3n) is 5.86. The van der Waals surface area contributed by atoms with Crippen LogP contribution in [-0.4, -0.2) is 50.5 Å². The normalized spacial score (nSPS) is 12.5. The molecule has 7 nitrogen and oxygen atoms in total. The van der Waals surface area contributed by atoms with Gasteiger partial charge in [-0.05, 0) is 53.6 Å². The highest BCUT2D eigenvalue weighted by atomic mass is 35.5. The summed E-state index contributed by atoms with van der Waals surface area (Å²) in [5.74, 6) is -0.186. The van der Waals surface area contributed by atoms with Crippen molar-refractivity contribution in [2.45, 2.75) is 59.5 Å². The maximum Gasteiger partial charge on any atom is 0.244 e. The van der Waals surface area contributed by atoms with Gasteiger partial charge in [-0.1, -0.05) is 70.5 Å². The van der Waals surface area contributed by atoms with Gasteiger partial charge in [0.2, 0.25) is 21.8 Å². The molecule has 1 N–H and O–H groups in total. The molecule has 0 aliphatic carbocycles. The standard InChI is InChI=1S/C27H38ClN3O4S/c1-7-25(27(33)29-16-19(2)3)30(17-21-8-12-23(28)13-9-21)26(32)18-31(36(6,34)35)24-14-10-22(11-15-24)20(4)5/h8-15,19-20,25H,7,16-18H2,1-6H3,(H,29,33)/t25-/m1/s1. The molecule has 0 unspecified atom stereocenters. The molecular weight excluding hydrogens is 498 g/mol. The molecule has 2 aromatic rings. The number of halogens is 1. The van der Waals surface area contributed by atoms with E-state index in [1.807, 2.05) is 32.9 Å². The quantitative estimate of drug-likeness (QED) is 0.422. The van der Waals surface area contributed by atoms with Gasteiger partial charge in [-0.2, -0.15) is 0 Å². The highest BCUT2D eigenvalue weighted by molar-refractivity contribution is 7.92. The first kappa shape index (κ1) is 29.6. The van der Waals surface area contributed by atoms with Gasteiger partial charge in [-0.25, -0.2) is 8.42 Å². The minimum atomic E-state index is -3.76. The molecule has 0 aliphatic rings. The van der Waals surface area contributed by atoms with Crippen molar-refractivity contribution < 1.29 is 18.0 Å². The molecule has 9 heteroatoms. The molecule has 198 valence electrons. The fourth-order valence-electron chi connectivity index (χ4n) is 3.77. The van der Waals surface area contributed by atoms with E-state index in [0.29, 0.717) is 23.7 Å². The Balaban J connectivity index is 2.41. The zero-order chi connectivity index (χ0) is 27.0. The first-order valence-corrected chi connectivity index (χ1v) is 14.4. The largest absolute Gasteiger partial charge is 0.354 e. The van der Waals surface area contributed by atoms with E-state index < -0.39 is 28.5 Å². The van der Waals surface area contributed by atoms with Crippen LogP contribution in [0, 0.1) is 5.92 Å². The average Bonchev–Trinajstić information content (AvgIpc) is 2.81. The molecule has 0 fully saturated rings. The molecule has 0 saturated carbocycles. The van der Waals surface area contributed by atoms with E-state index in [9.17, 15) is 18.0 Å². The number of hydrogen-bond donors (Lipinski definition) is 1.